The molecule has 2 fully saturated rings. The molecule has 0 aromatic heterocycles. The van der Waals surface area contributed by atoms with Gasteiger partial charge in [0.05, 0.1) is 11.2 Å². The summed E-state index contributed by atoms with van der Waals surface area (Å²) in [4.78, 5) is 3.89. The minimum Gasteiger partial charge on any atom is -0.462 e. The van der Waals surface area contributed by atoms with Crippen LogP contribution in [0, 0.1) is 11.7 Å². The SMILES string of the molecule is CC1(C)OB(c2ccc(F)c([C@@]3(C(F)F)N=C(N)O[C@@H]4CC43)c2)OC1(C)C. The van der Waals surface area contributed by atoms with E-state index in [4.69, 9.17) is 19.8 Å². The van der Waals surface area contributed by atoms with Gasteiger partial charge in [-0.3, -0.25) is 0 Å². The maximum Gasteiger partial charge on any atom is 0.494 e. The van der Waals surface area contributed by atoms with Gasteiger partial charge in [0, 0.05) is 11.5 Å². The molecule has 2 heterocycles. The van der Waals surface area contributed by atoms with Crippen LogP contribution in [-0.4, -0.2) is 36.9 Å². The number of hydrogen-bond acceptors (Lipinski definition) is 5. The molecular formula is C18H22BF3N2O3. The van der Waals surface area contributed by atoms with Gasteiger partial charge in [0.25, 0.3) is 12.4 Å². The number of nitrogens with zero attached hydrogens (tertiary/aromatic N) is 1. The molecule has 27 heavy (non-hydrogen) atoms. The number of ether oxygens (including phenoxy) is 1. The molecule has 2 N–H and O–H groups in total. The molecule has 2 aliphatic heterocycles. The maximum absolute atomic E-state index is 14.7. The first-order valence-corrected chi connectivity index (χ1v) is 8.93. The summed E-state index contributed by atoms with van der Waals surface area (Å²) in [6, 6.07) is 3.66. The molecule has 1 aromatic carbocycles. The number of aliphatic imine (C=N–C) groups is 1. The predicted octanol–water partition coefficient (Wildman–Crippen LogP) is 2.32. The van der Waals surface area contributed by atoms with Crippen molar-refractivity contribution >= 4 is 18.6 Å². The Bertz CT molecular complexity index is 801. The van der Waals surface area contributed by atoms with Gasteiger partial charge in [-0.05, 0) is 45.6 Å². The Morgan fingerprint density at radius 1 is 1.19 bits per heavy atom. The lowest BCUT2D eigenvalue weighted by Gasteiger charge is -2.33. The number of halogens is 3. The van der Waals surface area contributed by atoms with E-state index >= 15 is 0 Å². The number of hydrogen-bond donors (Lipinski definition) is 1. The van der Waals surface area contributed by atoms with Crippen molar-refractivity contribution in [1.29, 1.82) is 0 Å². The van der Waals surface area contributed by atoms with E-state index in [0.717, 1.165) is 6.07 Å². The molecule has 1 saturated heterocycles. The second-order valence-electron chi connectivity index (χ2n) is 8.40. The van der Waals surface area contributed by atoms with E-state index in [1.807, 2.05) is 27.7 Å². The normalized spacial score (nSPS) is 33.5. The molecule has 4 rings (SSSR count). The summed E-state index contributed by atoms with van der Waals surface area (Å²) in [5.74, 6) is -1.38. The van der Waals surface area contributed by atoms with Crippen molar-refractivity contribution in [2.75, 3.05) is 0 Å². The van der Waals surface area contributed by atoms with E-state index in [9.17, 15) is 13.2 Å². The van der Waals surface area contributed by atoms with Crippen LogP contribution in [0.25, 0.3) is 0 Å². The highest BCUT2D eigenvalue weighted by Gasteiger charge is 2.64. The van der Waals surface area contributed by atoms with Crippen LogP contribution in [-0.2, 0) is 19.6 Å². The third-order valence-corrected chi connectivity index (χ3v) is 6.14. The topological polar surface area (TPSA) is 66.1 Å². The van der Waals surface area contributed by atoms with Crippen molar-refractivity contribution in [3.63, 3.8) is 0 Å². The Morgan fingerprint density at radius 3 is 2.41 bits per heavy atom. The molecule has 1 aromatic rings. The van der Waals surface area contributed by atoms with Crippen LogP contribution in [0.3, 0.4) is 0 Å². The second kappa shape index (κ2) is 5.64. The van der Waals surface area contributed by atoms with Crippen LogP contribution in [0.4, 0.5) is 13.2 Å². The summed E-state index contributed by atoms with van der Waals surface area (Å²) < 4.78 is 60.3. The van der Waals surface area contributed by atoms with Gasteiger partial charge in [-0.2, -0.15) is 0 Å². The molecule has 3 aliphatic rings. The summed E-state index contributed by atoms with van der Waals surface area (Å²) in [7, 11) is -0.791. The van der Waals surface area contributed by atoms with E-state index in [1.165, 1.54) is 12.1 Å². The van der Waals surface area contributed by atoms with Gasteiger partial charge in [0.15, 0.2) is 5.54 Å². The molecule has 0 amide bonds. The van der Waals surface area contributed by atoms with Crippen LogP contribution < -0.4 is 11.2 Å². The number of nitrogens with two attached hydrogens (primary N) is 1. The number of amidine groups is 1. The van der Waals surface area contributed by atoms with Crippen molar-refractivity contribution in [1.82, 2.24) is 0 Å². The summed E-state index contributed by atoms with van der Waals surface area (Å²) in [6.07, 6.45) is -3.04. The quantitative estimate of drug-likeness (QED) is 0.815. The third-order valence-electron chi connectivity index (χ3n) is 6.14. The number of fused-ring (bicyclic) bond motifs is 1. The van der Waals surface area contributed by atoms with Crippen LogP contribution in [0.2, 0.25) is 0 Å². The van der Waals surface area contributed by atoms with E-state index in [0.29, 0.717) is 11.9 Å². The zero-order valence-corrected chi connectivity index (χ0v) is 15.6. The molecule has 1 unspecified atom stereocenters. The zero-order chi connectivity index (χ0) is 19.8. The summed E-state index contributed by atoms with van der Waals surface area (Å²) in [5, 5.41) is 0. The van der Waals surface area contributed by atoms with Crippen molar-refractivity contribution in [3.05, 3.63) is 29.6 Å². The van der Waals surface area contributed by atoms with Crippen molar-refractivity contribution < 1.29 is 27.2 Å². The average molecular weight is 382 g/mol. The first-order valence-electron chi connectivity index (χ1n) is 8.93. The number of rotatable bonds is 3. The van der Waals surface area contributed by atoms with Gasteiger partial charge in [0.1, 0.15) is 11.9 Å². The fourth-order valence-electron chi connectivity index (χ4n) is 3.78. The van der Waals surface area contributed by atoms with Gasteiger partial charge in [0.2, 0.25) is 0 Å². The molecule has 9 heteroatoms. The maximum atomic E-state index is 14.7. The van der Waals surface area contributed by atoms with Crippen molar-refractivity contribution in [3.8, 4) is 0 Å². The highest BCUT2D eigenvalue weighted by molar-refractivity contribution is 6.62. The molecule has 0 bridgehead atoms. The smallest absolute Gasteiger partial charge is 0.462 e. The average Bonchev–Trinajstić information content (AvgIpc) is 3.28. The highest BCUT2D eigenvalue weighted by Crippen LogP contribution is 2.56. The Hall–Kier alpha value is -1.74. The predicted molar refractivity (Wildman–Crippen MR) is 94.4 cm³/mol. The standard InChI is InChI=1S/C18H22BF3N2O3/c1-16(2)17(3,4)27-19(26-16)9-5-6-12(20)10(7-9)18(14(21)22)11-8-13(11)25-15(23)24-18/h5-7,11,13-14H,8H2,1-4H3,(H2,23,24)/t11?,13-,18-/m1/s1. The molecule has 0 spiro atoms. The molecule has 146 valence electrons. The Morgan fingerprint density at radius 2 is 1.81 bits per heavy atom. The molecule has 3 atom stereocenters. The molecule has 1 saturated carbocycles. The second-order valence-corrected chi connectivity index (χ2v) is 8.40. The van der Waals surface area contributed by atoms with E-state index < -0.39 is 48.1 Å². The van der Waals surface area contributed by atoms with E-state index in [-0.39, 0.29) is 11.6 Å². The minimum absolute atomic E-state index is 0.205. The Balaban J connectivity index is 1.79. The van der Waals surface area contributed by atoms with Crippen LogP contribution in [0.1, 0.15) is 39.7 Å². The largest absolute Gasteiger partial charge is 0.494 e. The van der Waals surface area contributed by atoms with Gasteiger partial charge < -0.3 is 19.8 Å². The lowest BCUT2D eigenvalue weighted by molar-refractivity contribution is 0.00578. The summed E-state index contributed by atoms with van der Waals surface area (Å²) >= 11 is 0. The van der Waals surface area contributed by atoms with Gasteiger partial charge >= 0.3 is 7.12 Å². The minimum atomic E-state index is -2.93. The van der Waals surface area contributed by atoms with Crippen LogP contribution in [0.5, 0.6) is 0 Å². The molecular weight excluding hydrogens is 360 g/mol. The van der Waals surface area contributed by atoms with Gasteiger partial charge in [-0.25, -0.2) is 18.2 Å². The molecule has 1 aliphatic carbocycles. The number of alkyl halides is 2. The molecule has 0 radical (unpaired) electrons. The van der Waals surface area contributed by atoms with Crippen molar-refractivity contribution in [2.24, 2.45) is 16.6 Å². The number of benzene rings is 1. The van der Waals surface area contributed by atoms with Gasteiger partial charge in [-0.1, -0.05) is 12.1 Å². The Labute approximate surface area is 156 Å². The highest BCUT2D eigenvalue weighted by atomic mass is 19.3. The fourth-order valence-corrected chi connectivity index (χ4v) is 3.78. The first-order chi connectivity index (χ1) is 12.5. The fraction of sp³-hybridized carbons (Fsp3) is 0.611. The van der Waals surface area contributed by atoms with Crippen LogP contribution >= 0.6 is 0 Å². The lowest BCUT2D eigenvalue weighted by atomic mass is 9.75. The monoisotopic (exact) mass is 382 g/mol. The summed E-state index contributed by atoms with van der Waals surface area (Å²) in [6.45, 7) is 7.54. The van der Waals surface area contributed by atoms with Gasteiger partial charge in [-0.15, -0.1) is 0 Å². The van der Waals surface area contributed by atoms with Crippen LogP contribution in [0.15, 0.2) is 23.2 Å². The molecule has 5 nitrogen and oxygen atoms in total. The van der Waals surface area contributed by atoms with Crippen molar-refractivity contribution in [2.45, 2.75) is 63.4 Å². The zero-order valence-electron chi connectivity index (χ0n) is 15.6. The third kappa shape index (κ3) is 2.66. The van der Waals surface area contributed by atoms with E-state index in [2.05, 4.69) is 4.99 Å². The van der Waals surface area contributed by atoms with E-state index in [1.54, 1.807) is 0 Å². The lowest BCUT2D eigenvalue weighted by Crippen LogP contribution is -2.44. The summed E-state index contributed by atoms with van der Waals surface area (Å²) in [5.41, 5.74) is 2.60. The Kier molecular flexibility index (Phi) is 3.89. The first kappa shape index (κ1) is 18.6.